The quantitative estimate of drug-likeness (QED) is 0.214. The molecule has 196 valence electrons. The summed E-state index contributed by atoms with van der Waals surface area (Å²) in [6, 6.07) is 21.2. The maximum atomic E-state index is 12.2. The minimum atomic E-state index is -0.200. The van der Waals surface area contributed by atoms with Crippen LogP contribution in [0.2, 0.25) is 0 Å². The molecule has 0 fully saturated rings. The lowest BCUT2D eigenvalue weighted by Crippen LogP contribution is -1.91. The Balaban J connectivity index is 0.000000496. The number of halogens is 1. The number of hydrogen-bond donors (Lipinski definition) is 3. The number of hydrogen-bond acceptors (Lipinski definition) is 7. The molecule has 0 atom stereocenters. The largest absolute Gasteiger partial charge is 0.388 e. The van der Waals surface area contributed by atoms with Gasteiger partial charge in [-0.1, -0.05) is 44.2 Å². The van der Waals surface area contributed by atoms with E-state index in [1.54, 1.807) is 50.6 Å². The average Bonchev–Trinajstić information content (AvgIpc) is 2.99. The summed E-state index contributed by atoms with van der Waals surface area (Å²) in [6.07, 6.45) is 3.23. The number of nitrogens with one attached hydrogen (secondary N) is 2. The van der Waals surface area contributed by atoms with Crippen molar-refractivity contribution in [1.29, 1.82) is 0 Å². The topological polar surface area (TPSA) is 109 Å². The third-order valence-corrected chi connectivity index (χ3v) is 4.53. The molecule has 1 aromatic heterocycles. The second kappa shape index (κ2) is 19.8. The average molecular weight is 506 g/mol. The number of benzene rings is 3. The van der Waals surface area contributed by atoms with Gasteiger partial charge in [-0.05, 0) is 61.6 Å². The lowest BCUT2D eigenvalue weighted by molar-refractivity contribution is 0.111. The summed E-state index contributed by atoms with van der Waals surface area (Å²) >= 11 is 0. The molecule has 4 rings (SSSR count). The van der Waals surface area contributed by atoms with E-state index in [0.717, 1.165) is 34.7 Å². The van der Waals surface area contributed by atoms with Crippen LogP contribution in [0.15, 0.2) is 84.0 Å². The van der Waals surface area contributed by atoms with E-state index < -0.39 is 0 Å². The summed E-state index contributed by atoms with van der Waals surface area (Å²) < 4.78 is 12.2. The number of aldehydes is 2. The highest BCUT2D eigenvalue weighted by molar-refractivity contribution is 5.89. The van der Waals surface area contributed by atoms with Gasteiger partial charge in [0, 0.05) is 36.9 Å². The zero-order valence-corrected chi connectivity index (χ0v) is 22.0. The standard InChI is InChI=1S/C10H7NO.C9H10N2O.C7H8FN.C2H6.CH5N/c12-7-10-5-8-3-1-2-4-9(8)6-11-10;1-10-8-5-3-4-7(6-12)9(8)11-2;1-9-7-4-2-6(8)3-5-7;2*1-2/h1-7H;3-6,10H,2H2,1H3;2-5,9H,1H3;1-2H3;2H2,1H3. The molecule has 8 heteroatoms. The van der Waals surface area contributed by atoms with E-state index in [9.17, 15) is 14.0 Å². The van der Waals surface area contributed by atoms with Crippen molar-refractivity contribution in [2.75, 3.05) is 31.8 Å². The van der Waals surface area contributed by atoms with Gasteiger partial charge in [0.25, 0.3) is 0 Å². The second-order valence-corrected chi connectivity index (χ2v) is 6.60. The summed E-state index contributed by atoms with van der Waals surface area (Å²) in [5.74, 6) is -0.200. The molecule has 0 spiro atoms. The van der Waals surface area contributed by atoms with Gasteiger partial charge >= 0.3 is 0 Å². The van der Waals surface area contributed by atoms with Crippen LogP contribution in [-0.2, 0) is 0 Å². The predicted octanol–water partition coefficient (Wildman–Crippen LogP) is 6.39. The third-order valence-electron chi connectivity index (χ3n) is 4.53. The van der Waals surface area contributed by atoms with Gasteiger partial charge in [-0.3, -0.25) is 19.6 Å². The van der Waals surface area contributed by atoms with Gasteiger partial charge in [0.15, 0.2) is 12.6 Å². The van der Waals surface area contributed by atoms with Crippen LogP contribution < -0.4 is 16.4 Å². The number of fused-ring (bicyclic) bond motifs is 1. The van der Waals surface area contributed by atoms with Gasteiger partial charge < -0.3 is 16.4 Å². The molecule has 3 aromatic carbocycles. The van der Waals surface area contributed by atoms with Crippen molar-refractivity contribution in [2.24, 2.45) is 10.7 Å². The molecule has 0 amide bonds. The van der Waals surface area contributed by atoms with E-state index in [-0.39, 0.29) is 5.82 Å². The van der Waals surface area contributed by atoms with Crippen molar-refractivity contribution in [3.05, 3.63) is 96.1 Å². The summed E-state index contributed by atoms with van der Waals surface area (Å²) in [4.78, 5) is 28.7. The SMILES string of the molecule is C=Nc1c(C=O)cccc1NC.CC.CN.CNc1ccc(F)cc1.O=Cc1cc2ccccc2cn1. The Bertz CT molecular complexity index is 1210. The second-order valence-electron chi connectivity index (χ2n) is 6.60. The minimum absolute atomic E-state index is 0.200. The molecule has 0 aliphatic rings. The fraction of sp³-hybridized carbons (Fsp3) is 0.172. The van der Waals surface area contributed by atoms with E-state index in [4.69, 9.17) is 0 Å². The first kappa shape index (κ1) is 32.6. The van der Waals surface area contributed by atoms with Crippen LogP contribution in [0.3, 0.4) is 0 Å². The van der Waals surface area contributed by atoms with E-state index in [2.05, 4.69) is 33.1 Å². The van der Waals surface area contributed by atoms with Gasteiger partial charge in [-0.15, -0.1) is 0 Å². The van der Waals surface area contributed by atoms with Gasteiger partial charge in [-0.2, -0.15) is 0 Å². The third kappa shape index (κ3) is 11.2. The molecule has 0 saturated carbocycles. The fourth-order valence-electron chi connectivity index (χ4n) is 2.82. The van der Waals surface area contributed by atoms with Gasteiger partial charge in [0.1, 0.15) is 11.5 Å². The molecule has 4 aromatic rings. The van der Waals surface area contributed by atoms with Crippen LogP contribution in [0.1, 0.15) is 34.7 Å². The van der Waals surface area contributed by atoms with Crippen molar-refractivity contribution in [3.8, 4) is 0 Å². The maximum absolute atomic E-state index is 12.2. The molecule has 1 heterocycles. The Kier molecular flexibility index (Phi) is 17.5. The number of carbonyl (C=O) groups is 2. The summed E-state index contributed by atoms with van der Waals surface area (Å²) in [6.45, 7) is 7.40. The number of carbonyl (C=O) groups excluding carboxylic acids is 2. The summed E-state index contributed by atoms with van der Waals surface area (Å²) in [7, 11) is 5.08. The number of aliphatic imine (C=N–C) groups is 1. The molecular formula is C29H36FN5O2. The van der Waals surface area contributed by atoms with Gasteiger partial charge in [-0.25, -0.2) is 4.39 Å². The van der Waals surface area contributed by atoms with Crippen molar-refractivity contribution in [2.45, 2.75) is 13.8 Å². The first-order chi connectivity index (χ1) is 18.1. The Labute approximate surface area is 218 Å². The highest BCUT2D eigenvalue weighted by Crippen LogP contribution is 2.26. The zero-order valence-electron chi connectivity index (χ0n) is 22.0. The van der Waals surface area contributed by atoms with Gasteiger partial charge in [0.2, 0.25) is 0 Å². The molecular weight excluding hydrogens is 469 g/mol. The molecule has 0 radical (unpaired) electrons. The molecule has 37 heavy (non-hydrogen) atoms. The number of aromatic nitrogens is 1. The first-order valence-corrected chi connectivity index (χ1v) is 11.6. The molecule has 0 aliphatic heterocycles. The highest BCUT2D eigenvalue weighted by atomic mass is 19.1. The van der Waals surface area contributed by atoms with E-state index in [1.807, 2.05) is 44.2 Å². The number of para-hydroxylation sites is 1. The van der Waals surface area contributed by atoms with Crippen molar-refractivity contribution in [1.82, 2.24) is 4.98 Å². The number of nitrogens with two attached hydrogens (primary N) is 1. The van der Waals surface area contributed by atoms with E-state index in [1.165, 1.54) is 19.2 Å². The number of anilines is 2. The molecule has 0 saturated heterocycles. The van der Waals surface area contributed by atoms with Crippen molar-refractivity contribution >= 4 is 47.1 Å². The van der Waals surface area contributed by atoms with Crippen LogP contribution in [0.25, 0.3) is 10.8 Å². The number of pyridine rings is 1. The van der Waals surface area contributed by atoms with Crippen LogP contribution in [0.4, 0.5) is 21.5 Å². The fourth-order valence-corrected chi connectivity index (χ4v) is 2.82. The molecule has 0 unspecified atom stereocenters. The Morgan fingerprint density at radius 3 is 2.00 bits per heavy atom. The highest BCUT2D eigenvalue weighted by Gasteiger charge is 2.03. The summed E-state index contributed by atoms with van der Waals surface area (Å²) in [5.41, 5.74) is 7.88. The van der Waals surface area contributed by atoms with Crippen molar-refractivity contribution < 1.29 is 14.0 Å². The lowest BCUT2D eigenvalue weighted by Gasteiger charge is -2.05. The smallest absolute Gasteiger partial charge is 0.168 e. The van der Waals surface area contributed by atoms with Crippen LogP contribution in [-0.4, -0.2) is 45.4 Å². The summed E-state index contributed by atoms with van der Waals surface area (Å²) in [5, 5.41) is 7.93. The van der Waals surface area contributed by atoms with E-state index >= 15 is 0 Å². The first-order valence-electron chi connectivity index (χ1n) is 11.6. The molecule has 0 aliphatic carbocycles. The van der Waals surface area contributed by atoms with Crippen LogP contribution >= 0.6 is 0 Å². The minimum Gasteiger partial charge on any atom is -0.388 e. The predicted molar refractivity (Wildman–Crippen MR) is 155 cm³/mol. The van der Waals surface area contributed by atoms with Crippen LogP contribution in [0, 0.1) is 5.82 Å². The number of nitrogens with zero attached hydrogens (tertiary/aromatic N) is 2. The number of rotatable bonds is 5. The van der Waals surface area contributed by atoms with Crippen molar-refractivity contribution in [3.63, 3.8) is 0 Å². The Morgan fingerprint density at radius 2 is 1.49 bits per heavy atom. The van der Waals surface area contributed by atoms with E-state index in [0.29, 0.717) is 16.9 Å². The van der Waals surface area contributed by atoms with Gasteiger partial charge in [0.05, 0.1) is 11.4 Å². The Hall–Kier alpha value is -4.43. The monoisotopic (exact) mass is 505 g/mol. The molecule has 7 nitrogen and oxygen atoms in total. The van der Waals surface area contributed by atoms with Crippen LogP contribution in [0.5, 0.6) is 0 Å². The Morgan fingerprint density at radius 1 is 0.865 bits per heavy atom. The normalized spacial score (nSPS) is 8.73. The zero-order chi connectivity index (χ0) is 28.1. The lowest BCUT2D eigenvalue weighted by atomic mass is 10.1. The molecule has 4 N–H and O–H groups in total. The molecule has 0 bridgehead atoms. The maximum Gasteiger partial charge on any atom is 0.168 e.